The first kappa shape index (κ1) is 14.1. The summed E-state index contributed by atoms with van der Waals surface area (Å²) in [6.07, 6.45) is -2.24. The number of halogens is 3. The van der Waals surface area contributed by atoms with Crippen molar-refractivity contribution in [2.45, 2.75) is 19.0 Å². The summed E-state index contributed by atoms with van der Waals surface area (Å²) >= 11 is 0. The second kappa shape index (κ2) is 5.77. The molecule has 0 amide bonds. The Balaban J connectivity index is 1.89. The largest absolute Gasteiger partial charge is 0.433 e. The van der Waals surface area contributed by atoms with Gasteiger partial charge in [0.05, 0.1) is 0 Å². The molecule has 106 valence electrons. The normalized spacial score (nSPS) is 18.5. The first-order valence-electron chi connectivity index (χ1n) is 6.42. The van der Waals surface area contributed by atoms with Gasteiger partial charge in [0.15, 0.2) is 0 Å². The van der Waals surface area contributed by atoms with Crippen LogP contribution in [0.2, 0.25) is 0 Å². The van der Waals surface area contributed by atoms with Crippen molar-refractivity contribution in [2.75, 3.05) is 32.0 Å². The highest BCUT2D eigenvalue weighted by molar-refractivity contribution is 5.35. The Labute approximate surface area is 110 Å². The fraction of sp³-hybridized carbons (Fsp3) is 0.615. The average Bonchev–Trinajstić information content (AvgIpc) is 2.37. The first-order chi connectivity index (χ1) is 8.95. The molecule has 0 saturated carbocycles. The third-order valence-electron chi connectivity index (χ3n) is 3.45. The number of nitrogens with one attached hydrogen (secondary N) is 1. The summed E-state index contributed by atoms with van der Waals surface area (Å²) in [6, 6.07) is 3.94. The van der Waals surface area contributed by atoms with Crippen LogP contribution in [0, 0.1) is 5.92 Å². The Morgan fingerprint density at radius 3 is 2.63 bits per heavy atom. The first-order valence-corrected chi connectivity index (χ1v) is 6.42. The molecule has 3 nitrogen and oxygen atoms in total. The van der Waals surface area contributed by atoms with E-state index in [4.69, 9.17) is 0 Å². The van der Waals surface area contributed by atoms with Crippen molar-refractivity contribution >= 4 is 5.82 Å². The van der Waals surface area contributed by atoms with Gasteiger partial charge in [-0.05, 0) is 51.0 Å². The van der Waals surface area contributed by atoms with Gasteiger partial charge < -0.3 is 10.2 Å². The molecule has 2 rings (SSSR count). The predicted octanol–water partition coefficient (Wildman–Crippen LogP) is 2.85. The van der Waals surface area contributed by atoms with Crippen molar-refractivity contribution in [3.05, 3.63) is 23.9 Å². The highest BCUT2D eigenvalue weighted by atomic mass is 19.4. The van der Waals surface area contributed by atoms with Crippen LogP contribution >= 0.6 is 0 Å². The van der Waals surface area contributed by atoms with E-state index in [-0.39, 0.29) is 0 Å². The zero-order valence-electron chi connectivity index (χ0n) is 10.9. The number of hydrogen-bond acceptors (Lipinski definition) is 3. The van der Waals surface area contributed by atoms with Gasteiger partial charge in [0.1, 0.15) is 11.5 Å². The molecule has 6 heteroatoms. The third kappa shape index (κ3) is 4.09. The second-order valence-corrected chi connectivity index (χ2v) is 5.03. The molecule has 0 spiro atoms. The Hall–Kier alpha value is -1.30. The molecule has 0 radical (unpaired) electrons. The minimum atomic E-state index is -4.38. The number of nitrogens with zero attached hydrogens (tertiary/aromatic N) is 2. The Kier molecular flexibility index (Phi) is 4.29. The van der Waals surface area contributed by atoms with Crippen molar-refractivity contribution < 1.29 is 13.2 Å². The lowest BCUT2D eigenvalue weighted by molar-refractivity contribution is -0.141. The molecular weight excluding hydrogens is 255 g/mol. The van der Waals surface area contributed by atoms with E-state index in [0.717, 1.165) is 32.0 Å². The number of likely N-dealkylation sites (tertiary alicyclic amines) is 1. The molecule has 0 aromatic carbocycles. The summed E-state index contributed by atoms with van der Waals surface area (Å²) in [5, 5.41) is 3.01. The summed E-state index contributed by atoms with van der Waals surface area (Å²) in [7, 11) is 2.08. The lowest BCUT2D eigenvalue weighted by atomic mass is 9.97. The van der Waals surface area contributed by atoms with E-state index in [1.807, 2.05) is 0 Å². The van der Waals surface area contributed by atoms with Crippen LogP contribution < -0.4 is 5.32 Å². The monoisotopic (exact) mass is 273 g/mol. The van der Waals surface area contributed by atoms with E-state index in [1.165, 1.54) is 6.07 Å². The number of anilines is 1. The Morgan fingerprint density at radius 2 is 2.00 bits per heavy atom. The van der Waals surface area contributed by atoms with E-state index in [2.05, 4.69) is 22.2 Å². The standard InChI is InChI=1S/C13H18F3N3/c1-19-7-5-10(6-8-19)9-17-12-4-2-3-11(18-12)13(14,15)16/h2-4,10H,5-9H2,1H3,(H,17,18). The topological polar surface area (TPSA) is 28.2 Å². The molecular formula is C13H18F3N3. The van der Waals surface area contributed by atoms with Gasteiger partial charge >= 0.3 is 6.18 Å². The molecule has 0 unspecified atom stereocenters. The van der Waals surface area contributed by atoms with Crippen molar-refractivity contribution in [2.24, 2.45) is 5.92 Å². The lowest BCUT2D eigenvalue weighted by Gasteiger charge is -2.29. The van der Waals surface area contributed by atoms with Crippen LogP contribution in [-0.2, 0) is 6.18 Å². The predicted molar refractivity (Wildman–Crippen MR) is 67.9 cm³/mol. The SMILES string of the molecule is CN1CCC(CNc2cccc(C(F)(F)F)n2)CC1. The van der Waals surface area contributed by atoms with Gasteiger partial charge in [0.25, 0.3) is 0 Å². The maximum atomic E-state index is 12.5. The number of pyridine rings is 1. The number of piperidine rings is 1. The van der Waals surface area contributed by atoms with Crippen LogP contribution in [0.5, 0.6) is 0 Å². The van der Waals surface area contributed by atoms with Crippen LogP contribution in [0.25, 0.3) is 0 Å². The molecule has 1 fully saturated rings. The van der Waals surface area contributed by atoms with Crippen LogP contribution in [0.4, 0.5) is 19.0 Å². The van der Waals surface area contributed by atoms with Gasteiger partial charge in [-0.3, -0.25) is 0 Å². The molecule has 1 N–H and O–H groups in total. The molecule has 1 aliphatic heterocycles. The average molecular weight is 273 g/mol. The van der Waals surface area contributed by atoms with Crippen molar-refractivity contribution in [1.82, 2.24) is 9.88 Å². The van der Waals surface area contributed by atoms with E-state index in [1.54, 1.807) is 6.07 Å². The minimum Gasteiger partial charge on any atom is -0.370 e. The zero-order valence-corrected chi connectivity index (χ0v) is 10.9. The summed E-state index contributed by atoms with van der Waals surface area (Å²) in [5.41, 5.74) is -0.846. The zero-order chi connectivity index (χ0) is 13.9. The lowest BCUT2D eigenvalue weighted by Crippen LogP contribution is -2.33. The van der Waals surface area contributed by atoms with Crippen molar-refractivity contribution in [3.63, 3.8) is 0 Å². The minimum absolute atomic E-state index is 0.300. The number of alkyl halides is 3. The van der Waals surface area contributed by atoms with E-state index in [0.29, 0.717) is 18.3 Å². The molecule has 1 aromatic heterocycles. The van der Waals surface area contributed by atoms with Crippen LogP contribution in [0.3, 0.4) is 0 Å². The van der Waals surface area contributed by atoms with E-state index in [9.17, 15) is 13.2 Å². The van der Waals surface area contributed by atoms with E-state index < -0.39 is 11.9 Å². The maximum absolute atomic E-state index is 12.5. The van der Waals surface area contributed by atoms with E-state index >= 15 is 0 Å². The smallest absolute Gasteiger partial charge is 0.370 e. The molecule has 1 aromatic rings. The second-order valence-electron chi connectivity index (χ2n) is 5.03. The van der Waals surface area contributed by atoms with Gasteiger partial charge in [-0.1, -0.05) is 6.07 Å². The summed E-state index contributed by atoms with van der Waals surface area (Å²) in [5.74, 6) is 0.807. The van der Waals surface area contributed by atoms with Crippen LogP contribution in [0.15, 0.2) is 18.2 Å². The highest BCUT2D eigenvalue weighted by Crippen LogP contribution is 2.28. The van der Waals surface area contributed by atoms with Gasteiger partial charge in [0.2, 0.25) is 0 Å². The highest BCUT2D eigenvalue weighted by Gasteiger charge is 2.32. The molecule has 1 saturated heterocycles. The van der Waals surface area contributed by atoms with Crippen LogP contribution in [-0.4, -0.2) is 36.6 Å². The summed E-state index contributed by atoms with van der Waals surface area (Å²) in [4.78, 5) is 5.86. The van der Waals surface area contributed by atoms with Gasteiger partial charge in [-0.15, -0.1) is 0 Å². The molecule has 0 atom stereocenters. The molecule has 0 bridgehead atoms. The van der Waals surface area contributed by atoms with Crippen molar-refractivity contribution in [1.29, 1.82) is 0 Å². The quantitative estimate of drug-likeness (QED) is 0.918. The summed E-state index contributed by atoms with van der Waals surface area (Å²) < 4.78 is 37.5. The van der Waals surface area contributed by atoms with Crippen LogP contribution in [0.1, 0.15) is 18.5 Å². The fourth-order valence-corrected chi connectivity index (χ4v) is 2.21. The van der Waals surface area contributed by atoms with Gasteiger partial charge in [-0.2, -0.15) is 13.2 Å². The van der Waals surface area contributed by atoms with Gasteiger partial charge in [0, 0.05) is 6.54 Å². The third-order valence-corrected chi connectivity index (χ3v) is 3.45. The maximum Gasteiger partial charge on any atom is 0.433 e. The van der Waals surface area contributed by atoms with Gasteiger partial charge in [-0.25, -0.2) is 4.98 Å². The Morgan fingerprint density at radius 1 is 1.32 bits per heavy atom. The Bertz CT molecular complexity index is 412. The fourth-order valence-electron chi connectivity index (χ4n) is 2.21. The number of aromatic nitrogens is 1. The number of hydrogen-bond donors (Lipinski definition) is 1. The summed E-state index contributed by atoms with van der Waals surface area (Å²) in [6.45, 7) is 2.77. The van der Waals surface area contributed by atoms with Crippen molar-refractivity contribution in [3.8, 4) is 0 Å². The molecule has 2 heterocycles. The number of rotatable bonds is 3. The molecule has 19 heavy (non-hydrogen) atoms. The molecule has 1 aliphatic rings. The molecule has 0 aliphatic carbocycles.